The SMILES string of the molecule is COCC(=O)N(C)c1nnc(-c2cccc([N+](=O)[O-])c2)s1. The Balaban J connectivity index is 2.25. The highest BCUT2D eigenvalue weighted by Gasteiger charge is 2.17. The Morgan fingerprint density at radius 3 is 2.90 bits per heavy atom. The molecule has 2 rings (SSSR count). The summed E-state index contributed by atoms with van der Waals surface area (Å²) in [6.45, 7) is -0.0534. The molecule has 0 N–H and O–H groups in total. The number of carbonyl (C=O) groups excluding carboxylic acids is 1. The fourth-order valence-electron chi connectivity index (χ4n) is 1.55. The number of hydrogen-bond donors (Lipinski definition) is 0. The van der Waals surface area contributed by atoms with Gasteiger partial charge in [0.1, 0.15) is 11.6 Å². The average molecular weight is 308 g/mol. The number of nitro benzene ring substituents is 1. The number of rotatable bonds is 5. The Morgan fingerprint density at radius 2 is 2.24 bits per heavy atom. The van der Waals surface area contributed by atoms with Gasteiger partial charge in [0.05, 0.1) is 4.92 Å². The molecule has 0 saturated heterocycles. The summed E-state index contributed by atoms with van der Waals surface area (Å²) in [5, 5.41) is 19.6. The third-order valence-corrected chi connectivity index (χ3v) is 3.70. The van der Waals surface area contributed by atoms with Crippen molar-refractivity contribution >= 4 is 28.1 Å². The second kappa shape index (κ2) is 6.37. The molecule has 0 fully saturated rings. The second-order valence-corrected chi connectivity index (χ2v) is 5.04. The lowest BCUT2D eigenvalue weighted by atomic mass is 10.2. The lowest BCUT2D eigenvalue weighted by Gasteiger charge is -2.11. The summed E-state index contributed by atoms with van der Waals surface area (Å²) >= 11 is 1.17. The minimum absolute atomic E-state index is 0.0203. The summed E-state index contributed by atoms with van der Waals surface area (Å²) in [4.78, 5) is 23.3. The van der Waals surface area contributed by atoms with Crippen molar-refractivity contribution in [1.82, 2.24) is 10.2 Å². The number of anilines is 1. The lowest BCUT2D eigenvalue weighted by Crippen LogP contribution is -2.29. The van der Waals surface area contributed by atoms with Crippen LogP contribution in [0.4, 0.5) is 10.8 Å². The van der Waals surface area contributed by atoms with Gasteiger partial charge in [-0.05, 0) is 0 Å². The Morgan fingerprint density at radius 1 is 1.48 bits per heavy atom. The first kappa shape index (κ1) is 15.0. The summed E-state index contributed by atoms with van der Waals surface area (Å²) < 4.78 is 4.77. The standard InChI is InChI=1S/C12H12N4O4S/c1-15(10(17)7-20-2)12-14-13-11(21-12)8-4-3-5-9(6-8)16(18)19/h3-6H,7H2,1-2H3. The summed E-state index contributed by atoms with van der Waals surface area (Å²) in [6, 6.07) is 6.10. The van der Waals surface area contributed by atoms with E-state index in [2.05, 4.69) is 10.2 Å². The maximum atomic E-state index is 11.7. The molecule has 1 heterocycles. The van der Waals surface area contributed by atoms with Gasteiger partial charge in [0, 0.05) is 31.9 Å². The number of benzene rings is 1. The fraction of sp³-hybridized carbons (Fsp3) is 0.250. The number of likely N-dealkylation sites (N-methyl/N-ethyl adjacent to an activating group) is 1. The van der Waals surface area contributed by atoms with Crippen LogP contribution >= 0.6 is 11.3 Å². The molecular weight excluding hydrogens is 296 g/mol. The van der Waals surface area contributed by atoms with Crippen molar-refractivity contribution in [3.8, 4) is 10.6 Å². The van der Waals surface area contributed by atoms with Gasteiger partial charge in [0.15, 0.2) is 0 Å². The number of aromatic nitrogens is 2. The van der Waals surface area contributed by atoms with Crippen molar-refractivity contribution in [2.45, 2.75) is 0 Å². The van der Waals surface area contributed by atoms with Gasteiger partial charge in [0.2, 0.25) is 5.13 Å². The summed E-state index contributed by atoms with van der Waals surface area (Å²) in [7, 11) is 3.00. The molecule has 0 atom stereocenters. The van der Waals surface area contributed by atoms with E-state index in [0.29, 0.717) is 15.7 Å². The highest BCUT2D eigenvalue weighted by molar-refractivity contribution is 7.18. The van der Waals surface area contributed by atoms with E-state index in [1.165, 1.54) is 35.5 Å². The number of amides is 1. The van der Waals surface area contributed by atoms with Crippen LogP contribution in [-0.4, -0.2) is 41.8 Å². The van der Waals surface area contributed by atoms with Crippen LogP contribution < -0.4 is 4.90 Å². The van der Waals surface area contributed by atoms with Gasteiger partial charge in [-0.15, -0.1) is 10.2 Å². The van der Waals surface area contributed by atoms with E-state index in [1.807, 2.05) is 0 Å². The van der Waals surface area contributed by atoms with Gasteiger partial charge < -0.3 is 4.74 Å². The molecule has 110 valence electrons. The van der Waals surface area contributed by atoms with E-state index in [0.717, 1.165) is 0 Å². The number of non-ortho nitro benzene ring substituents is 1. The number of nitro groups is 1. The van der Waals surface area contributed by atoms with Crippen LogP contribution in [0.3, 0.4) is 0 Å². The quantitative estimate of drug-likeness (QED) is 0.616. The normalized spacial score (nSPS) is 10.4. The molecule has 0 unspecified atom stereocenters. The number of carbonyl (C=O) groups is 1. The molecular formula is C12H12N4O4S. The molecule has 0 aliphatic rings. The van der Waals surface area contributed by atoms with E-state index >= 15 is 0 Å². The Kier molecular flexibility index (Phi) is 4.55. The van der Waals surface area contributed by atoms with Crippen molar-refractivity contribution in [3.05, 3.63) is 34.4 Å². The molecule has 1 aromatic heterocycles. The highest BCUT2D eigenvalue weighted by atomic mass is 32.1. The van der Waals surface area contributed by atoms with E-state index in [4.69, 9.17) is 4.74 Å². The van der Waals surface area contributed by atoms with Crippen LogP contribution in [0.15, 0.2) is 24.3 Å². The smallest absolute Gasteiger partial charge is 0.270 e. The van der Waals surface area contributed by atoms with Gasteiger partial charge >= 0.3 is 0 Å². The first-order chi connectivity index (χ1) is 10.0. The minimum atomic E-state index is -0.473. The molecule has 21 heavy (non-hydrogen) atoms. The van der Waals surface area contributed by atoms with Crippen LogP contribution in [0.25, 0.3) is 10.6 Å². The van der Waals surface area contributed by atoms with Crippen molar-refractivity contribution < 1.29 is 14.5 Å². The first-order valence-corrected chi connectivity index (χ1v) is 6.68. The van der Waals surface area contributed by atoms with Gasteiger partial charge in [-0.25, -0.2) is 0 Å². The maximum absolute atomic E-state index is 11.7. The molecule has 0 aliphatic heterocycles. The van der Waals surface area contributed by atoms with E-state index in [1.54, 1.807) is 19.2 Å². The van der Waals surface area contributed by atoms with E-state index in [-0.39, 0.29) is 18.2 Å². The van der Waals surface area contributed by atoms with Crippen molar-refractivity contribution in [2.75, 3.05) is 25.7 Å². The van der Waals surface area contributed by atoms with Crippen molar-refractivity contribution in [3.63, 3.8) is 0 Å². The third-order valence-electron chi connectivity index (χ3n) is 2.65. The number of ether oxygens (including phenoxy) is 1. The minimum Gasteiger partial charge on any atom is -0.375 e. The van der Waals surface area contributed by atoms with Gasteiger partial charge in [0.25, 0.3) is 11.6 Å². The van der Waals surface area contributed by atoms with Crippen LogP contribution in [0.1, 0.15) is 0 Å². The Bertz CT molecular complexity index is 673. The maximum Gasteiger partial charge on any atom is 0.270 e. The number of hydrogen-bond acceptors (Lipinski definition) is 7. The molecule has 0 bridgehead atoms. The van der Waals surface area contributed by atoms with Crippen LogP contribution in [-0.2, 0) is 9.53 Å². The Labute approximate surface area is 124 Å². The van der Waals surface area contributed by atoms with E-state index < -0.39 is 4.92 Å². The zero-order valence-corrected chi connectivity index (χ0v) is 12.2. The molecule has 2 aromatic rings. The van der Waals surface area contributed by atoms with Crippen molar-refractivity contribution in [1.29, 1.82) is 0 Å². The molecule has 0 radical (unpaired) electrons. The van der Waals surface area contributed by atoms with Gasteiger partial charge in [-0.1, -0.05) is 23.5 Å². The van der Waals surface area contributed by atoms with Crippen LogP contribution in [0, 0.1) is 10.1 Å². The molecule has 0 spiro atoms. The molecule has 8 nitrogen and oxygen atoms in total. The number of nitrogens with zero attached hydrogens (tertiary/aromatic N) is 4. The predicted molar refractivity (Wildman–Crippen MR) is 77.3 cm³/mol. The molecule has 9 heteroatoms. The average Bonchev–Trinajstić information content (AvgIpc) is 2.96. The molecule has 0 saturated carbocycles. The zero-order chi connectivity index (χ0) is 15.4. The highest BCUT2D eigenvalue weighted by Crippen LogP contribution is 2.30. The zero-order valence-electron chi connectivity index (χ0n) is 11.3. The lowest BCUT2D eigenvalue weighted by molar-refractivity contribution is -0.384. The Hall–Kier alpha value is -2.39. The van der Waals surface area contributed by atoms with E-state index in [9.17, 15) is 14.9 Å². The van der Waals surface area contributed by atoms with Gasteiger partial charge in [-0.2, -0.15) is 0 Å². The number of methoxy groups -OCH3 is 1. The van der Waals surface area contributed by atoms with Crippen LogP contribution in [0.5, 0.6) is 0 Å². The largest absolute Gasteiger partial charge is 0.375 e. The summed E-state index contributed by atoms with van der Waals surface area (Å²) in [5.41, 5.74) is 0.564. The third kappa shape index (κ3) is 3.38. The predicted octanol–water partition coefficient (Wildman–Crippen LogP) is 1.72. The van der Waals surface area contributed by atoms with Crippen molar-refractivity contribution in [2.24, 2.45) is 0 Å². The topological polar surface area (TPSA) is 98.5 Å². The van der Waals surface area contributed by atoms with Gasteiger partial charge in [-0.3, -0.25) is 19.8 Å². The monoisotopic (exact) mass is 308 g/mol. The summed E-state index contributed by atoms with van der Waals surface area (Å²) in [5.74, 6) is -0.251. The first-order valence-electron chi connectivity index (χ1n) is 5.86. The molecule has 1 aromatic carbocycles. The van der Waals surface area contributed by atoms with Crippen LogP contribution in [0.2, 0.25) is 0 Å². The molecule has 0 aliphatic carbocycles. The molecule has 1 amide bonds. The second-order valence-electron chi connectivity index (χ2n) is 4.08. The summed E-state index contributed by atoms with van der Waals surface area (Å²) in [6.07, 6.45) is 0. The fourth-order valence-corrected chi connectivity index (χ4v) is 2.37.